The maximum Gasteiger partial charge on any atom is 0.187 e. The van der Waals surface area contributed by atoms with Crippen molar-refractivity contribution in [1.82, 2.24) is 4.90 Å². The van der Waals surface area contributed by atoms with Gasteiger partial charge in [-0.25, -0.2) is 0 Å². The van der Waals surface area contributed by atoms with Gasteiger partial charge in [0.25, 0.3) is 0 Å². The maximum atomic E-state index is 5.40. The van der Waals surface area contributed by atoms with Crippen LogP contribution in [-0.2, 0) is 4.43 Å². The highest BCUT2D eigenvalue weighted by Gasteiger charge is 2.19. The Morgan fingerprint density at radius 1 is 1.30 bits per heavy atom. The van der Waals surface area contributed by atoms with Gasteiger partial charge in [0.05, 0.1) is 0 Å². The molecule has 0 bridgehead atoms. The van der Waals surface area contributed by atoms with E-state index in [0.717, 1.165) is 6.54 Å². The standard InChI is InChI=1S/C7H19NOSi/c1-8(2)6-7-10(4,5)9-3/h6-7H2,1-5H3. The third-order valence-electron chi connectivity index (χ3n) is 1.71. The van der Waals surface area contributed by atoms with Crippen LogP contribution in [0.1, 0.15) is 0 Å². The van der Waals surface area contributed by atoms with Gasteiger partial charge in [-0.1, -0.05) is 0 Å². The molecular formula is C7H19NOSi. The first-order chi connectivity index (χ1) is 4.48. The van der Waals surface area contributed by atoms with Crippen molar-refractivity contribution >= 4 is 8.32 Å². The number of nitrogens with zero attached hydrogens (tertiary/aromatic N) is 1. The van der Waals surface area contributed by atoms with Crippen LogP contribution in [-0.4, -0.2) is 41.0 Å². The van der Waals surface area contributed by atoms with Crippen molar-refractivity contribution in [2.24, 2.45) is 0 Å². The van der Waals surface area contributed by atoms with E-state index in [1.165, 1.54) is 6.04 Å². The summed E-state index contributed by atoms with van der Waals surface area (Å²) in [4.78, 5) is 2.20. The lowest BCUT2D eigenvalue weighted by molar-refractivity contribution is 0.379. The van der Waals surface area contributed by atoms with Crippen molar-refractivity contribution in [3.05, 3.63) is 0 Å². The molecule has 0 N–H and O–H groups in total. The Bertz CT molecular complexity index is 93.6. The van der Waals surface area contributed by atoms with Crippen LogP contribution >= 0.6 is 0 Å². The highest BCUT2D eigenvalue weighted by Crippen LogP contribution is 2.08. The summed E-state index contributed by atoms with van der Waals surface area (Å²) in [7, 11) is 4.73. The van der Waals surface area contributed by atoms with E-state index >= 15 is 0 Å². The summed E-state index contributed by atoms with van der Waals surface area (Å²) >= 11 is 0. The van der Waals surface area contributed by atoms with Crippen LogP contribution in [0.2, 0.25) is 19.1 Å². The zero-order valence-electron chi connectivity index (χ0n) is 7.77. The van der Waals surface area contributed by atoms with Crippen molar-refractivity contribution in [3.63, 3.8) is 0 Å². The molecule has 0 aliphatic rings. The average molecular weight is 161 g/mol. The zero-order valence-corrected chi connectivity index (χ0v) is 8.77. The first kappa shape index (κ1) is 10.1. The monoisotopic (exact) mass is 161 g/mol. The van der Waals surface area contributed by atoms with Crippen LogP contribution < -0.4 is 0 Å². The third kappa shape index (κ3) is 4.96. The summed E-state index contributed by atoms with van der Waals surface area (Å²) in [6, 6.07) is 1.22. The Balaban J connectivity index is 3.46. The van der Waals surface area contributed by atoms with E-state index in [2.05, 4.69) is 32.1 Å². The second-order valence-corrected chi connectivity index (χ2v) is 7.94. The van der Waals surface area contributed by atoms with Crippen molar-refractivity contribution in [2.75, 3.05) is 27.7 Å². The van der Waals surface area contributed by atoms with Crippen LogP contribution in [0.5, 0.6) is 0 Å². The lowest BCUT2D eigenvalue weighted by Gasteiger charge is -2.21. The first-order valence-corrected chi connectivity index (χ1v) is 6.79. The summed E-state index contributed by atoms with van der Waals surface area (Å²) in [5, 5.41) is 0. The SMILES string of the molecule is CO[Si](C)(C)CCN(C)C. The summed E-state index contributed by atoms with van der Waals surface area (Å²) < 4.78 is 5.40. The molecule has 0 aromatic rings. The molecule has 0 radical (unpaired) electrons. The van der Waals surface area contributed by atoms with Gasteiger partial charge in [0.15, 0.2) is 8.32 Å². The van der Waals surface area contributed by atoms with Gasteiger partial charge in [0.2, 0.25) is 0 Å². The minimum atomic E-state index is -1.28. The van der Waals surface area contributed by atoms with E-state index in [1.54, 1.807) is 0 Å². The van der Waals surface area contributed by atoms with Gasteiger partial charge in [-0.3, -0.25) is 0 Å². The lowest BCUT2D eigenvalue weighted by atomic mass is 10.7. The Hall–Kier alpha value is 0.137. The van der Waals surface area contributed by atoms with Gasteiger partial charge in [-0.15, -0.1) is 0 Å². The van der Waals surface area contributed by atoms with Gasteiger partial charge in [-0.05, 0) is 39.8 Å². The summed E-state index contributed by atoms with van der Waals surface area (Å²) in [5.74, 6) is 0. The normalized spacial score (nSPS) is 12.6. The fourth-order valence-electron chi connectivity index (χ4n) is 0.595. The van der Waals surface area contributed by atoms with Crippen LogP contribution in [0.3, 0.4) is 0 Å². The number of hydrogen-bond acceptors (Lipinski definition) is 2. The molecule has 0 spiro atoms. The molecule has 0 atom stereocenters. The molecule has 0 saturated carbocycles. The van der Waals surface area contributed by atoms with Gasteiger partial charge in [-0.2, -0.15) is 0 Å². The largest absolute Gasteiger partial charge is 0.420 e. The molecule has 0 aliphatic carbocycles. The molecule has 0 fully saturated rings. The zero-order chi connectivity index (χ0) is 8.20. The van der Waals surface area contributed by atoms with E-state index in [9.17, 15) is 0 Å². The first-order valence-electron chi connectivity index (χ1n) is 3.68. The highest BCUT2D eigenvalue weighted by molar-refractivity contribution is 6.71. The molecule has 0 unspecified atom stereocenters. The molecule has 0 aromatic carbocycles. The molecule has 2 nitrogen and oxygen atoms in total. The van der Waals surface area contributed by atoms with Gasteiger partial charge < -0.3 is 9.33 Å². The molecule has 0 rings (SSSR count). The number of rotatable bonds is 4. The second kappa shape index (κ2) is 4.11. The van der Waals surface area contributed by atoms with Crippen molar-refractivity contribution in [1.29, 1.82) is 0 Å². The molecule has 3 heteroatoms. The summed E-state index contributed by atoms with van der Waals surface area (Å²) in [6.07, 6.45) is 0. The topological polar surface area (TPSA) is 12.5 Å². The minimum Gasteiger partial charge on any atom is -0.420 e. The quantitative estimate of drug-likeness (QED) is 0.578. The second-order valence-electron chi connectivity index (χ2n) is 3.52. The fourth-order valence-corrected chi connectivity index (χ4v) is 1.78. The van der Waals surface area contributed by atoms with Crippen LogP contribution in [0.25, 0.3) is 0 Å². The average Bonchev–Trinajstić information content (AvgIpc) is 1.85. The smallest absolute Gasteiger partial charge is 0.187 e. The summed E-state index contributed by atoms with van der Waals surface area (Å²) in [6.45, 7) is 5.64. The van der Waals surface area contributed by atoms with E-state index in [0.29, 0.717) is 0 Å². The van der Waals surface area contributed by atoms with E-state index in [4.69, 9.17) is 4.43 Å². The van der Waals surface area contributed by atoms with Crippen molar-refractivity contribution < 1.29 is 4.43 Å². The molecule has 10 heavy (non-hydrogen) atoms. The Labute approximate surface area is 65.3 Å². The predicted octanol–water partition coefficient (Wildman–Crippen LogP) is 1.40. The molecule has 0 amide bonds. The van der Waals surface area contributed by atoms with Gasteiger partial charge in [0, 0.05) is 7.11 Å². The van der Waals surface area contributed by atoms with Crippen LogP contribution in [0.4, 0.5) is 0 Å². The van der Waals surface area contributed by atoms with Gasteiger partial charge >= 0.3 is 0 Å². The minimum absolute atomic E-state index is 1.15. The third-order valence-corrected chi connectivity index (χ3v) is 4.25. The number of hydrogen-bond donors (Lipinski definition) is 0. The maximum absolute atomic E-state index is 5.40. The van der Waals surface area contributed by atoms with E-state index in [1.807, 2.05) is 7.11 Å². The Morgan fingerprint density at radius 3 is 2.10 bits per heavy atom. The highest BCUT2D eigenvalue weighted by atomic mass is 28.4. The Morgan fingerprint density at radius 2 is 1.80 bits per heavy atom. The van der Waals surface area contributed by atoms with Crippen molar-refractivity contribution in [2.45, 2.75) is 19.1 Å². The predicted molar refractivity (Wildman–Crippen MR) is 47.9 cm³/mol. The molecule has 0 aromatic heterocycles. The molecular weight excluding hydrogens is 142 g/mol. The van der Waals surface area contributed by atoms with E-state index < -0.39 is 8.32 Å². The van der Waals surface area contributed by atoms with Crippen LogP contribution in [0, 0.1) is 0 Å². The van der Waals surface area contributed by atoms with E-state index in [-0.39, 0.29) is 0 Å². The van der Waals surface area contributed by atoms with Crippen LogP contribution in [0.15, 0.2) is 0 Å². The van der Waals surface area contributed by atoms with Crippen molar-refractivity contribution in [3.8, 4) is 0 Å². The molecule has 0 heterocycles. The Kier molecular flexibility index (Phi) is 4.16. The summed E-state index contributed by atoms with van der Waals surface area (Å²) in [5.41, 5.74) is 0. The molecule has 0 aliphatic heterocycles. The van der Waals surface area contributed by atoms with Gasteiger partial charge in [0.1, 0.15) is 0 Å². The lowest BCUT2D eigenvalue weighted by Crippen LogP contribution is -2.32. The fraction of sp³-hybridized carbons (Fsp3) is 1.00. The molecule has 0 saturated heterocycles. The molecule has 62 valence electrons.